The number of aryl methyl sites for hydroxylation is 2. The maximum Gasteiger partial charge on any atom is 0.341 e. The zero-order chi connectivity index (χ0) is 36.0. The molecule has 9 nitrogen and oxygen atoms in total. The lowest BCUT2D eigenvalue weighted by Crippen LogP contribution is -2.33. The van der Waals surface area contributed by atoms with Gasteiger partial charge in [-0.15, -0.1) is 0 Å². The van der Waals surface area contributed by atoms with Crippen molar-refractivity contribution >= 4 is 29.2 Å². The van der Waals surface area contributed by atoms with E-state index in [2.05, 4.69) is 64.3 Å². The fourth-order valence-corrected chi connectivity index (χ4v) is 5.23. The number of phenolic OH excluding ortho intramolecular Hbond substituents is 1. The highest BCUT2D eigenvalue weighted by Gasteiger charge is 2.29. The average Bonchev–Trinajstić information content (AvgIpc) is 3.05. The van der Waals surface area contributed by atoms with Crippen LogP contribution < -0.4 is 20.1 Å². The first-order chi connectivity index (χ1) is 22.5. The first kappa shape index (κ1) is 37.9. The van der Waals surface area contributed by atoms with Crippen LogP contribution >= 0.6 is 0 Å². The molecule has 3 N–H and O–H groups in total. The Morgan fingerprint density at radius 1 is 0.833 bits per heavy atom. The van der Waals surface area contributed by atoms with Crippen LogP contribution in [0.4, 0.5) is 11.4 Å². The van der Waals surface area contributed by atoms with Crippen molar-refractivity contribution in [2.24, 2.45) is 0 Å². The standard InChI is InChI=1S/C39H52N2O7/c1-12-31(47-32-17-16-25(38(7,8)14-3)20-28(32)39(9,10)15-4)36(44)40-26-18-23(5)35(24(6)19-26)48-33-22-29(41-34(43)13-2)30(42)21-27(33)37(45)46-11/h16-22,31,42H,12-15H2,1-11H3,(H,40,44)(H,41,43). The number of nitrogens with one attached hydrogen (secondary N) is 2. The highest BCUT2D eigenvalue weighted by molar-refractivity contribution is 5.97. The number of esters is 1. The van der Waals surface area contributed by atoms with Crippen molar-refractivity contribution in [3.8, 4) is 23.0 Å². The molecular weight excluding hydrogens is 608 g/mol. The van der Waals surface area contributed by atoms with E-state index < -0.39 is 12.1 Å². The molecule has 1 unspecified atom stereocenters. The molecule has 260 valence electrons. The number of methoxy groups -OCH3 is 1. The van der Waals surface area contributed by atoms with Gasteiger partial charge in [0.15, 0.2) is 6.10 Å². The molecule has 0 aliphatic rings. The second-order valence-electron chi connectivity index (χ2n) is 13.5. The lowest BCUT2D eigenvalue weighted by atomic mass is 9.76. The molecule has 3 aromatic rings. The fourth-order valence-electron chi connectivity index (χ4n) is 5.23. The predicted octanol–water partition coefficient (Wildman–Crippen LogP) is 9.11. The fraction of sp³-hybridized carbons (Fsp3) is 0.462. The number of hydrogen-bond acceptors (Lipinski definition) is 7. The summed E-state index contributed by atoms with van der Waals surface area (Å²) in [5.41, 5.74) is 4.21. The highest BCUT2D eigenvalue weighted by atomic mass is 16.5. The van der Waals surface area contributed by atoms with Crippen LogP contribution in [0.2, 0.25) is 0 Å². The molecule has 0 fully saturated rings. The number of hydrogen-bond donors (Lipinski definition) is 3. The van der Waals surface area contributed by atoms with Crippen LogP contribution in [-0.4, -0.2) is 36.1 Å². The van der Waals surface area contributed by atoms with Gasteiger partial charge in [0.2, 0.25) is 5.91 Å². The molecule has 1 atom stereocenters. The van der Waals surface area contributed by atoms with Gasteiger partial charge < -0.3 is 30.0 Å². The number of carbonyl (C=O) groups excluding carboxylic acids is 3. The Morgan fingerprint density at radius 3 is 2.00 bits per heavy atom. The van der Waals surface area contributed by atoms with Gasteiger partial charge in [0, 0.05) is 29.8 Å². The van der Waals surface area contributed by atoms with E-state index >= 15 is 0 Å². The van der Waals surface area contributed by atoms with E-state index in [1.165, 1.54) is 24.8 Å². The van der Waals surface area contributed by atoms with E-state index in [1.807, 2.05) is 26.8 Å². The number of ether oxygens (including phenoxy) is 3. The second kappa shape index (κ2) is 15.6. The van der Waals surface area contributed by atoms with Crippen molar-refractivity contribution in [3.63, 3.8) is 0 Å². The SMILES string of the molecule is CCC(=O)Nc1cc(Oc2c(C)cc(NC(=O)C(CC)Oc3ccc(C(C)(C)CC)cc3C(C)(C)CC)cc2C)c(C(=O)OC)cc1O. The molecule has 0 aliphatic carbocycles. The van der Waals surface area contributed by atoms with Crippen LogP contribution in [0.25, 0.3) is 0 Å². The number of anilines is 2. The third kappa shape index (κ3) is 8.68. The maximum absolute atomic E-state index is 13.6. The van der Waals surface area contributed by atoms with Crippen LogP contribution in [-0.2, 0) is 25.2 Å². The molecule has 0 heterocycles. The van der Waals surface area contributed by atoms with Crippen molar-refractivity contribution in [1.82, 2.24) is 0 Å². The summed E-state index contributed by atoms with van der Waals surface area (Å²) in [4.78, 5) is 38.2. The smallest absolute Gasteiger partial charge is 0.341 e. The van der Waals surface area contributed by atoms with Crippen molar-refractivity contribution in [3.05, 3.63) is 70.3 Å². The summed E-state index contributed by atoms with van der Waals surface area (Å²) in [6.07, 6.45) is 1.85. The molecule has 0 saturated carbocycles. The van der Waals surface area contributed by atoms with Crippen LogP contribution in [0.5, 0.6) is 23.0 Å². The number of benzene rings is 3. The Bertz CT molecular complexity index is 1640. The van der Waals surface area contributed by atoms with Gasteiger partial charge in [-0.05, 0) is 78.8 Å². The number of amides is 2. The quantitative estimate of drug-likeness (QED) is 0.116. The molecular formula is C39H52N2O7. The molecule has 0 aromatic heterocycles. The Labute approximate surface area is 285 Å². The monoisotopic (exact) mass is 660 g/mol. The first-order valence-electron chi connectivity index (χ1n) is 16.7. The number of phenols is 1. The summed E-state index contributed by atoms with van der Waals surface area (Å²) >= 11 is 0. The minimum atomic E-state index is -0.727. The maximum atomic E-state index is 13.6. The average molecular weight is 661 g/mol. The van der Waals surface area contributed by atoms with Gasteiger partial charge in [-0.3, -0.25) is 9.59 Å². The summed E-state index contributed by atoms with van der Waals surface area (Å²) in [6.45, 7) is 20.5. The van der Waals surface area contributed by atoms with Gasteiger partial charge in [0.25, 0.3) is 5.91 Å². The van der Waals surface area contributed by atoms with E-state index in [1.54, 1.807) is 19.1 Å². The largest absolute Gasteiger partial charge is 0.506 e. The predicted molar refractivity (Wildman–Crippen MR) is 191 cm³/mol. The lowest BCUT2D eigenvalue weighted by Gasteiger charge is -2.31. The zero-order valence-corrected chi connectivity index (χ0v) is 30.3. The van der Waals surface area contributed by atoms with E-state index in [0.717, 1.165) is 18.4 Å². The highest BCUT2D eigenvalue weighted by Crippen LogP contribution is 2.40. The third-order valence-corrected chi connectivity index (χ3v) is 9.23. The minimum absolute atomic E-state index is 0.0134. The molecule has 3 rings (SSSR count). The molecule has 48 heavy (non-hydrogen) atoms. The molecule has 0 saturated heterocycles. The summed E-state index contributed by atoms with van der Waals surface area (Å²) in [6, 6.07) is 12.5. The Balaban J connectivity index is 1.91. The number of rotatable bonds is 14. The van der Waals surface area contributed by atoms with Gasteiger partial charge in [-0.25, -0.2) is 4.79 Å². The van der Waals surface area contributed by atoms with Crippen LogP contribution in [0.3, 0.4) is 0 Å². The topological polar surface area (TPSA) is 123 Å². The zero-order valence-electron chi connectivity index (χ0n) is 30.3. The van der Waals surface area contributed by atoms with Crippen LogP contribution in [0.15, 0.2) is 42.5 Å². The minimum Gasteiger partial charge on any atom is -0.506 e. The third-order valence-electron chi connectivity index (χ3n) is 9.23. The van der Waals surface area contributed by atoms with Crippen molar-refractivity contribution in [2.45, 2.75) is 112 Å². The first-order valence-corrected chi connectivity index (χ1v) is 16.7. The van der Waals surface area contributed by atoms with Gasteiger partial charge in [-0.2, -0.15) is 0 Å². The van der Waals surface area contributed by atoms with Gasteiger partial charge >= 0.3 is 5.97 Å². The molecule has 9 heteroatoms. The lowest BCUT2D eigenvalue weighted by molar-refractivity contribution is -0.123. The Morgan fingerprint density at radius 2 is 1.46 bits per heavy atom. The molecule has 3 aromatic carbocycles. The Kier molecular flexibility index (Phi) is 12.3. The van der Waals surface area contributed by atoms with Gasteiger partial charge in [-0.1, -0.05) is 67.5 Å². The molecule has 0 radical (unpaired) electrons. The molecule has 0 bridgehead atoms. The number of carbonyl (C=O) groups is 3. The van der Waals surface area contributed by atoms with Crippen molar-refractivity contribution in [1.29, 1.82) is 0 Å². The summed E-state index contributed by atoms with van der Waals surface area (Å²) in [7, 11) is 1.23. The normalized spacial score (nSPS) is 12.2. The van der Waals surface area contributed by atoms with E-state index in [0.29, 0.717) is 34.7 Å². The van der Waals surface area contributed by atoms with E-state index in [4.69, 9.17) is 14.2 Å². The number of aromatic hydroxyl groups is 1. The summed E-state index contributed by atoms with van der Waals surface area (Å²) in [5.74, 6) is -0.352. The van der Waals surface area contributed by atoms with Crippen molar-refractivity contribution in [2.75, 3.05) is 17.7 Å². The van der Waals surface area contributed by atoms with Gasteiger partial charge in [0.1, 0.15) is 28.6 Å². The summed E-state index contributed by atoms with van der Waals surface area (Å²) in [5, 5.41) is 16.1. The van der Waals surface area contributed by atoms with Crippen LogP contribution in [0.1, 0.15) is 114 Å². The van der Waals surface area contributed by atoms with Crippen molar-refractivity contribution < 1.29 is 33.7 Å². The second-order valence-corrected chi connectivity index (χ2v) is 13.5. The summed E-state index contributed by atoms with van der Waals surface area (Å²) < 4.78 is 17.6. The van der Waals surface area contributed by atoms with E-state index in [9.17, 15) is 19.5 Å². The molecule has 0 aliphatic heterocycles. The van der Waals surface area contributed by atoms with Gasteiger partial charge in [0.05, 0.1) is 12.8 Å². The molecule has 0 spiro atoms. The Hall–Kier alpha value is -4.53. The van der Waals surface area contributed by atoms with E-state index in [-0.39, 0.29) is 51.8 Å². The molecule has 2 amide bonds. The van der Waals surface area contributed by atoms with Crippen LogP contribution in [0, 0.1) is 13.8 Å².